The van der Waals surface area contributed by atoms with Gasteiger partial charge in [-0.2, -0.15) is 4.31 Å². The summed E-state index contributed by atoms with van der Waals surface area (Å²) < 4.78 is 36.5. The zero-order valence-electron chi connectivity index (χ0n) is 11.8. The first-order valence-corrected chi connectivity index (χ1v) is 8.57. The number of carbonyl (C=O) groups is 1. The summed E-state index contributed by atoms with van der Waals surface area (Å²) in [6.07, 6.45) is 1.17. The number of benzene rings is 1. The van der Waals surface area contributed by atoms with Crippen molar-refractivity contribution in [2.75, 3.05) is 13.1 Å². The Balaban J connectivity index is 2.81. The van der Waals surface area contributed by atoms with E-state index >= 15 is 0 Å². The quantitative estimate of drug-likeness (QED) is 0.733. The zero-order chi connectivity index (χ0) is 16.5. The van der Waals surface area contributed by atoms with Gasteiger partial charge in [-0.15, -0.1) is 0 Å². The molecule has 1 aromatic carbocycles. The van der Waals surface area contributed by atoms with Crippen LogP contribution >= 0.6 is 23.2 Å². The highest BCUT2D eigenvalue weighted by atomic mass is 35.5. The second kappa shape index (κ2) is 6.45. The van der Waals surface area contributed by atoms with Crippen LogP contribution in [0.15, 0.2) is 21.6 Å². The zero-order valence-corrected chi connectivity index (χ0v) is 14.1. The molecule has 0 spiro atoms. The van der Waals surface area contributed by atoms with Crippen molar-refractivity contribution in [3.63, 3.8) is 0 Å². The number of sulfonamides is 1. The van der Waals surface area contributed by atoms with Gasteiger partial charge in [-0.1, -0.05) is 37.0 Å². The Labute approximate surface area is 137 Å². The molecule has 0 aliphatic heterocycles. The average Bonchev–Trinajstić information content (AvgIpc) is 2.88. The molecular formula is C13H13Cl2NO5S. The van der Waals surface area contributed by atoms with Crippen molar-refractivity contribution >= 4 is 50.5 Å². The number of nitrogens with zero attached hydrogens (tertiary/aromatic N) is 1. The van der Waals surface area contributed by atoms with Gasteiger partial charge in [0.25, 0.3) is 0 Å². The first kappa shape index (κ1) is 17.1. The molecule has 1 heterocycles. The molecule has 0 atom stereocenters. The van der Waals surface area contributed by atoms with Crippen LogP contribution in [0.25, 0.3) is 10.8 Å². The minimum Gasteiger partial charge on any atom is -0.433 e. The van der Waals surface area contributed by atoms with E-state index in [1.165, 1.54) is 16.6 Å². The molecule has 120 valence electrons. The summed E-state index contributed by atoms with van der Waals surface area (Å²) in [6, 6.07) is 1.26. The van der Waals surface area contributed by atoms with Crippen LogP contribution in [0.5, 0.6) is 5.95 Å². The first-order chi connectivity index (χ1) is 10.4. The van der Waals surface area contributed by atoms with Crippen LogP contribution in [0.1, 0.15) is 13.8 Å². The highest BCUT2D eigenvalue weighted by molar-refractivity contribution is 7.89. The third-order valence-corrected chi connectivity index (χ3v) is 6.07. The lowest BCUT2D eigenvalue weighted by molar-refractivity contribution is -0.121. The molecule has 0 N–H and O–H groups in total. The highest BCUT2D eigenvalue weighted by Crippen LogP contribution is 2.42. The Kier molecular flexibility index (Phi) is 5.01. The summed E-state index contributed by atoms with van der Waals surface area (Å²) in [5.74, 6) is -0.200. The van der Waals surface area contributed by atoms with Crippen molar-refractivity contribution in [2.45, 2.75) is 18.7 Å². The third kappa shape index (κ3) is 2.69. The molecule has 2 aromatic rings. The maximum Gasteiger partial charge on any atom is 0.301 e. The summed E-state index contributed by atoms with van der Waals surface area (Å²) in [5, 5.41) is 0.433. The maximum absolute atomic E-state index is 12.7. The minimum absolute atomic E-state index is 0.0250. The Bertz CT molecular complexity index is 811. The summed E-state index contributed by atoms with van der Waals surface area (Å²) >= 11 is 12.1. The minimum atomic E-state index is -3.78. The Hall–Kier alpha value is -1.28. The van der Waals surface area contributed by atoms with E-state index in [1.807, 2.05) is 0 Å². The molecule has 0 amide bonds. The van der Waals surface area contributed by atoms with Crippen LogP contribution in [0.4, 0.5) is 0 Å². The van der Waals surface area contributed by atoms with Crippen molar-refractivity contribution in [3.05, 3.63) is 22.4 Å². The second-order valence-corrected chi connectivity index (χ2v) is 6.98. The Morgan fingerprint density at radius 2 is 1.95 bits per heavy atom. The van der Waals surface area contributed by atoms with Crippen LogP contribution in [0.3, 0.4) is 0 Å². The van der Waals surface area contributed by atoms with Crippen molar-refractivity contribution in [3.8, 4) is 5.95 Å². The van der Waals surface area contributed by atoms with Gasteiger partial charge >= 0.3 is 12.4 Å². The predicted octanol–water partition coefficient (Wildman–Crippen LogP) is 3.31. The van der Waals surface area contributed by atoms with Gasteiger partial charge < -0.3 is 9.15 Å². The number of halogens is 2. The number of fused-ring (bicyclic) bond motifs is 1. The van der Waals surface area contributed by atoms with Crippen LogP contribution < -0.4 is 4.74 Å². The van der Waals surface area contributed by atoms with Crippen LogP contribution in [0.2, 0.25) is 10.0 Å². The van der Waals surface area contributed by atoms with E-state index in [-0.39, 0.29) is 38.1 Å². The molecule has 22 heavy (non-hydrogen) atoms. The number of carbonyl (C=O) groups excluding carboxylic acids is 1. The van der Waals surface area contributed by atoms with E-state index in [1.54, 1.807) is 13.8 Å². The van der Waals surface area contributed by atoms with Crippen molar-refractivity contribution in [1.29, 1.82) is 0 Å². The van der Waals surface area contributed by atoms with Gasteiger partial charge in [0.15, 0.2) is 0 Å². The normalized spacial score (nSPS) is 12.0. The van der Waals surface area contributed by atoms with Crippen LogP contribution in [-0.2, 0) is 14.8 Å². The van der Waals surface area contributed by atoms with Gasteiger partial charge in [-0.25, -0.2) is 8.42 Å². The highest BCUT2D eigenvalue weighted by Gasteiger charge is 2.28. The molecule has 0 saturated heterocycles. The number of rotatable bonds is 6. The van der Waals surface area contributed by atoms with Crippen LogP contribution in [-0.4, -0.2) is 32.3 Å². The lowest BCUT2D eigenvalue weighted by Gasteiger charge is -2.19. The molecular weight excluding hydrogens is 353 g/mol. The smallest absolute Gasteiger partial charge is 0.301 e. The predicted molar refractivity (Wildman–Crippen MR) is 83.0 cm³/mol. The van der Waals surface area contributed by atoms with E-state index in [2.05, 4.69) is 4.74 Å². The fraction of sp³-hybridized carbons (Fsp3) is 0.308. The largest absolute Gasteiger partial charge is 0.433 e. The van der Waals surface area contributed by atoms with Gasteiger partial charge in [0.1, 0.15) is 6.26 Å². The van der Waals surface area contributed by atoms with E-state index in [9.17, 15) is 13.2 Å². The maximum atomic E-state index is 12.7. The molecule has 2 rings (SSSR count). The summed E-state index contributed by atoms with van der Waals surface area (Å²) in [6.45, 7) is 4.22. The number of hydrogen-bond acceptors (Lipinski definition) is 5. The summed E-state index contributed by atoms with van der Waals surface area (Å²) in [4.78, 5) is 10.5. The van der Waals surface area contributed by atoms with Gasteiger partial charge in [0.05, 0.1) is 20.3 Å². The lowest BCUT2D eigenvalue weighted by atomic mass is 10.2. The van der Waals surface area contributed by atoms with Gasteiger partial charge in [0, 0.05) is 18.5 Å². The SMILES string of the molecule is CCN(CC)S(=O)(=O)c1cc(Cl)c(Cl)c2c(OC=O)occ12. The van der Waals surface area contributed by atoms with E-state index in [0.717, 1.165) is 0 Å². The molecule has 0 aliphatic rings. The van der Waals surface area contributed by atoms with E-state index in [4.69, 9.17) is 27.6 Å². The molecule has 0 saturated carbocycles. The van der Waals surface area contributed by atoms with Crippen LogP contribution in [0, 0.1) is 0 Å². The molecule has 1 aromatic heterocycles. The van der Waals surface area contributed by atoms with Crippen molar-refractivity contribution < 1.29 is 22.4 Å². The fourth-order valence-corrected chi connectivity index (χ4v) is 4.31. The molecule has 0 fully saturated rings. The molecule has 9 heteroatoms. The third-order valence-electron chi connectivity index (χ3n) is 3.19. The van der Waals surface area contributed by atoms with Gasteiger partial charge in [-0.3, -0.25) is 4.79 Å². The summed E-state index contributed by atoms with van der Waals surface area (Å²) in [7, 11) is -3.78. The van der Waals surface area contributed by atoms with Crippen molar-refractivity contribution in [2.24, 2.45) is 0 Å². The number of ether oxygens (including phenoxy) is 1. The number of hydrogen-bond donors (Lipinski definition) is 0. The molecule has 0 radical (unpaired) electrons. The molecule has 0 aliphatic carbocycles. The van der Waals surface area contributed by atoms with E-state index in [0.29, 0.717) is 13.1 Å². The lowest BCUT2D eigenvalue weighted by Crippen LogP contribution is -2.30. The Morgan fingerprint density at radius 3 is 2.50 bits per heavy atom. The van der Waals surface area contributed by atoms with Crippen molar-refractivity contribution in [1.82, 2.24) is 4.31 Å². The standard InChI is InChI=1S/C13H13Cl2NO5S/c1-3-16(4-2)22(18,19)10-5-9(14)12(15)11-8(10)6-20-13(11)21-7-17/h5-7H,3-4H2,1-2H3. The van der Waals surface area contributed by atoms with E-state index < -0.39 is 10.0 Å². The topological polar surface area (TPSA) is 76.8 Å². The molecule has 0 bridgehead atoms. The average molecular weight is 366 g/mol. The Morgan fingerprint density at radius 1 is 1.32 bits per heavy atom. The second-order valence-electron chi connectivity index (χ2n) is 4.29. The fourth-order valence-electron chi connectivity index (χ4n) is 2.15. The monoisotopic (exact) mass is 365 g/mol. The molecule has 0 unspecified atom stereocenters. The number of furan rings is 1. The summed E-state index contributed by atoms with van der Waals surface area (Å²) in [5.41, 5.74) is 0. The van der Waals surface area contributed by atoms with Gasteiger partial charge in [0.2, 0.25) is 10.0 Å². The first-order valence-electron chi connectivity index (χ1n) is 6.38. The molecule has 6 nitrogen and oxygen atoms in total. The van der Waals surface area contributed by atoms with Gasteiger partial charge in [-0.05, 0) is 6.07 Å².